The molecule has 0 aliphatic rings. The van der Waals surface area contributed by atoms with E-state index < -0.39 is 5.97 Å². The highest BCUT2D eigenvalue weighted by Crippen LogP contribution is 2.21. The van der Waals surface area contributed by atoms with Crippen molar-refractivity contribution in [2.75, 3.05) is 13.2 Å². The van der Waals surface area contributed by atoms with Gasteiger partial charge in [-0.05, 0) is 30.0 Å². The molecule has 0 bridgehead atoms. The predicted octanol–water partition coefficient (Wildman–Crippen LogP) is 3.36. The summed E-state index contributed by atoms with van der Waals surface area (Å²) in [6.45, 7) is 5.40. The highest BCUT2D eigenvalue weighted by Gasteiger charge is 2.13. The molecule has 0 aromatic heterocycles. The largest absolute Gasteiger partial charge is 0.482 e. The van der Waals surface area contributed by atoms with Gasteiger partial charge in [-0.25, -0.2) is 4.79 Å². The number of hydrogen-bond donors (Lipinski definition) is 1. The van der Waals surface area contributed by atoms with Crippen LogP contribution in [-0.4, -0.2) is 31.1 Å². The minimum absolute atomic E-state index is 0.0253. The first-order chi connectivity index (χ1) is 13.0. The number of rotatable bonds is 9. The van der Waals surface area contributed by atoms with Crippen LogP contribution in [0.1, 0.15) is 31.9 Å². The van der Waals surface area contributed by atoms with Gasteiger partial charge in [0.15, 0.2) is 13.2 Å². The zero-order chi connectivity index (χ0) is 19.6. The van der Waals surface area contributed by atoms with Gasteiger partial charge in [0.1, 0.15) is 5.75 Å². The number of esters is 1. The summed E-state index contributed by atoms with van der Waals surface area (Å²) < 4.78 is 10.6. The number of ether oxygens (including phenoxy) is 2. The van der Waals surface area contributed by atoms with Gasteiger partial charge in [-0.3, -0.25) is 4.79 Å². The van der Waals surface area contributed by atoms with Crippen molar-refractivity contribution < 1.29 is 19.1 Å². The Kier molecular flexibility index (Phi) is 7.86. The molecule has 144 valence electrons. The molecule has 5 nitrogen and oxygen atoms in total. The van der Waals surface area contributed by atoms with Crippen molar-refractivity contribution in [1.82, 2.24) is 5.32 Å². The van der Waals surface area contributed by atoms with Crippen LogP contribution in [0, 0.1) is 5.92 Å². The summed E-state index contributed by atoms with van der Waals surface area (Å²) in [5.74, 6) is 0.0659. The van der Waals surface area contributed by atoms with E-state index in [-0.39, 0.29) is 25.2 Å². The maximum absolute atomic E-state index is 11.9. The number of amides is 1. The van der Waals surface area contributed by atoms with E-state index in [0.717, 1.165) is 11.1 Å². The molecule has 0 saturated carbocycles. The minimum Gasteiger partial charge on any atom is -0.482 e. The topological polar surface area (TPSA) is 64.6 Å². The van der Waals surface area contributed by atoms with E-state index in [9.17, 15) is 9.59 Å². The molecule has 27 heavy (non-hydrogen) atoms. The molecule has 0 fully saturated rings. The third kappa shape index (κ3) is 7.13. The number of hydrogen-bond acceptors (Lipinski definition) is 4. The second kappa shape index (κ2) is 10.4. The van der Waals surface area contributed by atoms with Crippen molar-refractivity contribution in [1.29, 1.82) is 0 Å². The zero-order valence-corrected chi connectivity index (χ0v) is 16.1. The third-order valence-electron chi connectivity index (χ3n) is 4.31. The van der Waals surface area contributed by atoms with Crippen LogP contribution in [0.25, 0.3) is 0 Å². The molecule has 0 aliphatic heterocycles. The Hall–Kier alpha value is -2.82. The van der Waals surface area contributed by atoms with E-state index >= 15 is 0 Å². The zero-order valence-electron chi connectivity index (χ0n) is 16.1. The first-order valence-electron chi connectivity index (χ1n) is 9.15. The summed E-state index contributed by atoms with van der Waals surface area (Å²) in [6, 6.07) is 17.6. The molecule has 5 heteroatoms. The molecule has 1 N–H and O–H groups in total. The summed E-state index contributed by atoms with van der Waals surface area (Å²) in [7, 11) is 0. The molecule has 1 atom stereocenters. The molecular weight excluding hydrogens is 342 g/mol. The molecule has 0 radical (unpaired) electrons. The number of carbonyl (C=O) groups is 2. The molecule has 2 rings (SSSR count). The molecule has 0 aliphatic carbocycles. The van der Waals surface area contributed by atoms with Gasteiger partial charge < -0.3 is 14.8 Å². The fraction of sp³-hybridized carbons (Fsp3) is 0.364. The number of carbonyl (C=O) groups excluding carboxylic acids is 2. The Bertz CT molecular complexity index is 743. The third-order valence-corrected chi connectivity index (χ3v) is 4.31. The molecule has 0 heterocycles. The van der Waals surface area contributed by atoms with Crippen LogP contribution in [0.3, 0.4) is 0 Å². The Balaban J connectivity index is 1.82. The smallest absolute Gasteiger partial charge is 0.344 e. The number of nitrogens with one attached hydrogen (secondary N) is 1. The van der Waals surface area contributed by atoms with Crippen LogP contribution in [0.5, 0.6) is 5.75 Å². The molecule has 0 spiro atoms. The maximum atomic E-state index is 11.9. The Morgan fingerprint density at radius 1 is 0.926 bits per heavy atom. The Labute approximate surface area is 160 Å². The first-order valence-corrected chi connectivity index (χ1v) is 9.15. The quantitative estimate of drug-likeness (QED) is 0.689. The lowest BCUT2D eigenvalue weighted by Gasteiger charge is -2.17. The number of para-hydroxylation sites is 1. The fourth-order valence-electron chi connectivity index (χ4n) is 2.39. The summed E-state index contributed by atoms with van der Waals surface area (Å²) in [5, 5.41) is 2.79. The monoisotopic (exact) mass is 369 g/mol. The SMILES string of the molecule is CC(C)[C@@H](C)NC(=O)COC(=O)COc1ccccc1Cc1ccccc1. The van der Waals surface area contributed by atoms with E-state index in [1.165, 1.54) is 0 Å². The van der Waals surface area contributed by atoms with Gasteiger partial charge in [-0.1, -0.05) is 62.4 Å². The molecule has 1 amide bonds. The van der Waals surface area contributed by atoms with Crippen molar-refractivity contribution in [3.8, 4) is 5.75 Å². The summed E-state index contributed by atoms with van der Waals surface area (Å²) in [6.07, 6.45) is 0.710. The lowest BCUT2D eigenvalue weighted by Crippen LogP contribution is -2.39. The van der Waals surface area contributed by atoms with Gasteiger partial charge in [-0.2, -0.15) is 0 Å². The van der Waals surface area contributed by atoms with E-state index in [4.69, 9.17) is 9.47 Å². The van der Waals surface area contributed by atoms with Gasteiger partial charge in [0.05, 0.1) is 0 Å². The van der Waals surface area contributed by atoms with Crippen LogP contribution < -0.4 is 10.1 Å². The molecule has 0 saturated heterocycles. The second-order valence-corrected chi connectivity index (χ2v) is 6.82. The van der Waals surface area contributed by atoms with E-state index in [1.807, 2.05) is 75.4 Å². The lowest BCUT2D eigenvalue weighted by molar-refractivity contribution is -0.150. The first kappa shape index (κ1) is 20.5. The van der Waals surface area contributed by atoms with E-state index in [0.29, 0.717) is 18.1 Å². The highest BCUT2D eigenvalue weighted by molar-refractivity contribution is 5.81. The summed E-state index contributed by atoms with van der Waals surface area (Å²) in [4.78, 5) is 23.6. The minimum atomic E-state index is -0.572. The predicted molar refractivity (Wildman–Crippen MR) is 105 cm³/mol. The van der Waals surface area contributed by atoms with E-state index in [1.54, 1.807) is 0 Å². The Morgan fingerprint density at radius 3 is 2.30 bits per heavy atom. The van der Waals surface area contributed by atoms with Crippen molar-refractivity contribution in [2.24, 2.45) is 5.92 Å². The molecule has 0 unspecified atom stereocenters. The van der Waals surface area contributed by atoms with Crippen molar-refractivity contribution in [2.45, 2.75) is 33.2 Å². The van der Waals surface area contributed by atoms with Crippen LogP contribution in [0.2, 0.25) is 0 Å². The van der Waals surface area contributed by atoms with Crippen molar-refractivity contribution >= 4 is 11.9 Å². The highest BCUT2D eigenvalue weighted by atomic mass is 16.6. The van der Waals surface area contributed by atoms with Crippen LogP contribution >= 0.6 is 0 Å². The molecular formula is C22H27NO4. The second-order valence-electron chi connectivity index (χ2n) is 6.82. The molecule has 2 aromatic rings. The average molecular weight is 369 g/mol. The van der Waals surface area contributed by atoms with Crippen LogP contribution in [-0.2, 0) is 20.7 Å². The van der Waals surface area contributed by atoms with Gasteiger partial charge >= 0.3 is 5.97 Å². The fourth-order valence-corrected chi connectivity index (χ4v) is 2.39. The maximum Gasteiger partial charge on any atom is 0.344 e. The van der Waals surface area contributed by atoms with Gasteiger partial charge in [0.2, 0.25) is 0 Å². The van der Waals surface area contributed by atoms with Gasteiger partial charge in [0.25, 0.3) is 5.91 Å². The lowest BCUT2D eigenvalue weighted by atomic mass is 10.0. The summed E-state index contributed by atoms with van der Waals surface area (Å²) >= 11 is 0. The standard InChI is InChI=1S/C22H27NO4/c1-16(2)17(3)23-21(24)14-27-22(25)15-26-20-12-8-7-11-19(20)13-18-9-5-4-6-10-18/h4-12,16-17H,13-15H2,1-3H3,(H,23,24)/t17-/m1/s1. The van der Waals surface area contributed by atoms with Crippen LogP contribution in [0.15, 0.2) is 54.6 Å². The van der Waals surface area contributed by atoms with Crippen molar-refractivity contribution in [3.05, 3.63) is 65.7 Å². The van der Waals surface area contributed by atoms with Gasteiger partial charge in [0, 0.05) is 12.5 Å². The average Bonchev–Trinajstić information content (AvgIpc) is 2.66. The normalized spacial score (nSPS) is 11.7. The summed E-state index contributed by atoms with van der Waals surface area (Å²) in [5.41, 5.74) is 2.15. The van der Waals surface area contributed by atoms with Crippen LogP contribution in [0.4, 0.5) is 0 Å². The Morgan fingerprint density at radius 2 is 1.59 bits per heavy atom. The molecule has 2 aromatic carbocycles. The number of benzene rings is 2. The van der Waals surface area contributed by atoms with E-state index in [2.05, 4.69) is 5.32 Å². The van der Waals surface area contributed by atoms with Gasteiger partial charge in [-0.15, -0.1) is 0 Å². The van der Waals surface area contributed by atoms with Crippen molar-refractivity contribution in [3.63, 3.8) is 0 Å².